The lowest BCUT2D eigenvalue weighted by molar-refractivity contribution is 0.0699. The van der Waals surface area contributed by atoms with E-state index in [-0.39, 0.29) is 37.0 Å². The van der Waals surface area contributed by atoms with Crippen molar-refractivity contribution < 1.29 is 17.6 Å². The number of carbonyl (C=O) groups is 1. The number of fused-ring (bicyclic) bond motifs is 1. The minimum absolute atomic E-state index is 0.132. The van der Waals surface area contributed by atoms with Crippen LogP contribution in [0.3, 0.4) is 0 Å². The molecular formula is C21H19ClFN3O3S. The fraction of sp³-hybridized carbons (Fsp3) is 0.238. The maximum atomic E-state index is 13.6. The minimum atomic E-state index is -3.69. The van der Waals surface area contributed by atoms with Crippen LogP contribution in [0.1, 0.15) is 16.1 Å². The standard InChI is InChI=1S/C21H19ClFN3O3S/c1-14-11-19(18-6-5-16(23)13-20(18)24-14)21(27)25-7-9-26(10-8-25)30(28,29)17-4-2-3-15(22)12-17/h2-6,11-13H,7-10H2,1H3. The summed E-state index contributed by atoms with van der Waals surface area (Å²) < 4.78 is 40.6. The highest BCUT2D eigenvalue weighted by atomic mass is 35.5. The summed E-state index contributed by atoms with van der Waals surface area (Å²) in [6.07, 6.45) is 0. The summed E-state index contributed by atoms with van der Waals surface area (Å²) in [5.41, 5.74) is 1.46. The molecule has 0 unspecified atom stereocenters. The number of aromatic nitrogens is 1. The predicted octanol–water partition coefficient (Wildman–Crippen LogP) is 3.48. The van der Waals surface area contributed by atoms with Crippen LogP contribution in [-0.2, 0) is 10.0 Å². The van der Waals surface area contributed by atoms with Gasteiger partial charge in [-0.15, -0.1) is 0 Å². The van der Waals surface area contributed by atoms with Gasteiger partial charge in [-0.3, -0.25) is 9.78 Å². The minimum Gasteiger partial charge on any atom is -0.336 e. The molecule has 2 heterocycles. The molecular weight excluding hydrogens is 429 g/mol. The number of benzene rings is 2. The smallest absolute Gasteiger partial charge is 0.254 e. The Morgan fingerprint density at radius 3 is 2.50 bits per heavy atom. The molecule has 0 spiro atoms. The van der Waals surface area contributed by atoms with E-state index in [1.54, 1.807) is 36.1 Å². The van der Waals surface area contributed by atoms with Crippen molar-refractivity contribution >= 4 is 38.4 Å². The van der Waals surface area contributed by atoms with Crippen LogP contribution in [0, 0.1) is 12.7 Å². The first-order chi connectivity index (χ1) is 14.3. The highest BCUT2D eigenvalue weighted by molar-refractivity contribution is 7.89. The van der Waals surface area contributed by atoms with Crippen LogP contribution in [0.2, 0.25) is 5.02 Å². The maximum absolute atomic E-state index is 13.6. The van der Waals surface area contributed by atoms with E-state index in [0.717, 1.165) is 0 Å². The molecule has 0 radical (unpaired) electrons. The molecule has 0 atom stereocenters. The van der Waals surface area contributed by atoms with Crippen LogP contribution in [0.5, 0.6) is 0 Å². The van der Waals surface area contributed by atoms with E-state index in [1.165, 1.54) is 28.6 Å². The van der Waals surface area contributed by atoms with Crippen molar-refractivity contribution in [3.63, 3.8) is 0 Å². The Labute approximate surface area is 178 Å². The number of hydrogen-bond donors (Lipinski definition) is 0. The number of nitrogens with zero attached hydrogens (tertiary/aromatic N) is 3. The molecule has 1 amide bonds. The van der Waals surface area contributed by atoms with Gasteiger partial charge >= 0.3 is 0 Å². The molecule has 1 aromatic heterocycles. The Morgan fingerprint density at radius 2 is 1.80 bits per heavy atom. The summed E-state index contributed by atoms with van der Waals surface area (Å²) >= 11 is 5.93. The average Bonchev–Trinajstić information content (AvgIpc) is 2.72. The van der Waals surface area contributed by atoms with Crippen molar-refractivity contribution in [2.45, 2.75) is 11.8 Å². The fourth-order valence-corrected chi connectivity index (χ4v) is 5.31. The highest BCUT2D eigenvalue weighted by Crippen LogP contribution is 2.24. The lowest BCUT2D eigenvalue weighted by Gasteiger charge is -2.34. The van der Waals surface area contributed by atoms with E-state index >= 15 is 0 Å². The Bertz CT molecular complexity index is 1240. The number of pyridine rings is 1. The van der Waals surface area contributed by atoms with Gasteiger partial charge < -0.3 is 4.90 Å². The number of aryl methyl sites for hydroxylation is 1. The molecule has 1 aliphatic heterocycles. The zero-order chi connectivity index (χ0) is 21.5. The van der Waals surface area contributed by atoms with Gasteiger partial charge in [0.05, 0.1) is 16.0 Å². The lowest BCUT2D eigenvalue weighted by Crippen LogP contribution is -2.50. The number of amides is 1. The van der Waals surface area contributed by atoms with Crippen LogP contribution in [0.25, 0.3) is 10.9 Å². The van der Waals surface area contributed by atoms with Gasteiger partial charge in [0, 0.05) is 48.3 Å². The maximum Gasteiger partial charge on any atom is 0.254 e. The van der Waals surface area contributed by atoms with Crippen LogP contribution in [-0.4, -0.2) is 54.7 Å². The molecule has 1 aliphatic rings. The normalized spacial score (nSPS) is 15.5. The van der Waals surface area contributed by atoms with Crippen molar-refractivity contribution in [3.05, 3.63) is 70.6 Å². The van der Waals surface area contributed by atoms with Crippen molar-refractivity contribution in [2.75, 3.05) is 26.2 Å². The molecule has 6 nitrogen and oxygen atoms in total. The Morgan fingerprint density at radius 1 is 1.07 bits per heavy atom. The van der Waals surface area contributed by atoms with Crippen molar-refractivity contribution in [2.24, 2.45) is 0 Å². The first kappa shape index (κ1) is 20.7. The number of hydrogen-bond acceptors (Lipinski definition) is 4. The Kier molecular flexibility index (Phi) is 5.48. The number of halogens is 2. The summed E-state index contributed by atoms with van der Waals surface area (Å²) in [6, 6.07) is 11.9. The van der Waals surface area contributed by atoms with Gasteiger partial charge in [-0.2, -0.15) is 4.31 Å². The molecule has 2 aromatic carbocycles. The van der Waals surface area contributed by atoms with Crippen molar-refractivity contribution in [3.8, 4) is 0 Å². The molecule has 0 N–H and O–H groups in total. The summed E-state index contributed by atoms with van der Waals surface area (Å²) in [5, 5.41) is 0.919. The summed E-state index contributed by atoms with van der Waals surface area (Å²) in [6.45, 7) is 2.61. The molecule has 0 bridgehead atoms. The number of rotatable bonds is 3. The van der Waals surface area contributed by atoms with Gasteiger partial charge in [-0.25, -0.2) is 12.8 Å². The molecule has 0 aliphatic carbocycles. The summed E-state index contributed by atoms with van der Waals surface area (Å²) in [5.74, 6) is -0.643. The third kappa shape index (κ3) is 3.90. The first-order valence-electron chi connectivity index (χ1n) is 9.37. The lowest BCUT2D eigenvalue weighted by atomic mass is 10.1. The molecule has 0 saturated carbocycles. The van der Waals surface area contributed by atoms with Crippen LogP contribution >= 0.6 is 11.6 Å². The molecule has 156 valence electrons. The second kappa shape index (κ2) is 7.94. The molecule has 9 heteroatoms. The third-order valence-corrected chi connectivity index (χ3v) is 7.22. The van der Waals surface area contributed by atoms with Crippen LogP contribution < -0.4 is 0 Å². The quantitative estimate of drug-likeness (QED) is 0.616. The number of sulfonamides is 1. The second-order valence-corrected chi connectivity index (χ2v) is 9.50. The van der Waals surface area contributed by atoms with Gasteiger partial charge in [-0.05, 0) is 43.3 Å². The highest BCUT2D eigenvalue weighted by Gasteiger charge is 2.31. The fourth-order valence-electron chi connectivity index (χ4n) is 3.59. The molecule has 30 heavy (non-hydrogen) atoms. The topological polar surface area (TPSA) is 70.6 Å². The largest absolute Gasteiger partial charge is 0.336 e. The summed E-state index contributed by atoms with van der Waals surface area (Å²) in [7, 11) is -3.69. The second-order valence-electron chi connectivity index (χ2n) is 7.13. The first-order valence-corrected chi connectivity index (χ1v) is 11.2. The molecule has 3 aromatic rings. The number of carbonyl (C=O) groups excluding carboxylic acids is 1. The van der Waals surface area contributed by atoms with Crippen LogP contribution in [0.4, 0.5) is 4.39 Å². The van der Waals surface area contributed by atoms with Gasteiger partial charge in [0.1, 0.15) is 5.82 Å². The van der Waals surface area contributed by atoms with E-state index in [1.807, 2.05) is 0 Å². The van der Waals surface area contributed by atoms with Crippen LogP contribution in [0.15, 0.2) is 53.4 Å². The SMILES string of the molecule is Cc1cc(C(=O)N2CCN(S(=O)(=O)c3cccc(Cl)c3)CC2)c2ccc(F)cc2n1. The van der Waals surface area contributed by atoms with E-state index in [0.29, 0.717) is 27.2 Å². The average molecular weight is 448 g/mol. The van der Waals surface area contributed by atoms with E-state index in [9.17, 15) is 17.6 Å². The molecule has 1 saturated heterocycles. The van der Waals surface area contributed by atoms with Crippen molar-refractivity contribution in [1.82, 2.24) is 14.2 Å². The van der Waals surface area contributed by atoms with Crippen molar-refractivity contribution in [1.29, 1.82) is 0 Å². The van der Waals surface area contributed by atoms with Gasteiger partial charge in [0.15, 0.2) is 0 Å². The number of piperazine rings is 1. The zero-order valence-electron chi connectivity index (χ0n) is 16.2. The van der Waals surface area contributed by atoms with E-state index < -0.39 is 15.8 Å². The van der Waals surface area contributed by atoms with E-state index in [4.69, 9.17) is 11.6 Å². The monoisotopic (exact) mass is 447 g/mol. The summed E-state index contributed by atoms with van der Waals surface area (Å²) in [4.78, 5) is 19.2. The van der Waals surface area contributed by atoms with Gasteiger partial charge in [-0.1, -0.05) is 17.7 Å². The third-order valence-electron chi connectivity index (χ3n) is 5.09. The molecule has 1 fully saturated rings. The Hall–Kier alpha value is -2.55. The predicted molar refractivity (Wildman–Crippen MR) is 113 cm³/mol. The Balaban J connectivity index is 1.55. The zero-order valence-corrected chi connectivity index (χ0v) is 17.8. The van der Waals surface area contributed by atoms with E-state index in [2.05, 4.69) is 4.98 Å². The van der Waals surface area contributed by atoms with Gasteiger partial charge in [0.25, 0.3) is 5.91 Å². The van der Waals surface area contributed by atoms with Gasteiger partial charge in [0.2, 0.25) is 10.0 Å². The molecule has 4 rings (SSSR count).